The number of rotatable bonds is 9. The molecule has 0 fully saturated rings. The minimum Gasteiger partial charge on any atom is -0.493 e. The lowest BCUT2D eigenvalue weighted by atomic mass is 9.98. The number of benzene rings is 1. The van der Waals surface area contributed by atoms with E-state index < -0.39 is 17.5 Å². The maximum absolute atomic E-state index is 12.9. The zero-order valence-corrected chi connectivity index (χ0v) is 20.0. The third-order valence-electron chi connectivity index (χ3n) is 5.30. The maximum Gasteiger partial charge on any atom is 0.261 e. The topological polar surface area (TPSA) is 124 Å². The van der Waals surface area contributed by atoms with E-state index in [4.69, 9.17) is 9.47 Å². The number of aromatic nitrogens is 3. The zero-order valence-electron chi connectivity index (χ0n) is 19.2. The maximum atomic E-state index is 12.9. The van der Waals surface area contributed by atoms with Crippen molar-refractivity contribution in [3.05, 3.63) is 39.9 Å². The van der Waals surface area contributed by atoms with E-state index >= 15 is 0 Å². The summed E-state index contributed by atoms with van der Waals surface area (Å²) in [4.78, 5) is 47.0. The van der Waals surface area contributed by atoms with E-state index in [0.29, 0.717) is 34.0 Å². The molecule has 3 rings (SSSR count). The van der Waals surface area contributed by atoms with Crippen LogP contribution in [0.4, 0.5) is 5.13 Å². The lowest BCUT2D eigenvalue weighted by molar-refractivity contribution is -0.128. The largest absolute Gasteiger partial charge is 0.493 e. The van der Waals surface area contributed by atoms with Crippen molar-refractivity contribution in [1.82, 2.24) is 19.9 Å². The Hall–Kier alpha value is -3.47. The van der Waals surface area contributed by atoms with Gasteiger partial charge in [0.2, 0.25) is 11.8 Å². The van der Waals surface area contributed by atoms with Crippen LogP contribution in [0.5, 0.6) is 11.5 Å². The van der Waals surface area contributed by atoms with Gasteiger partial charge in [-0.2, -0.15) is 0 Å². The van der Waals surface area contributed by atoms with Gasteiger partial charge in [0.1, 0.15) is 12.6 Å². The van der Waals surface area contributed by atoms with Gasteiger partial charge in [-0.15, -0.1) is 11.3 Å². The van der Waals surface area contributed by atoms with Crippen LogP contribution in [-0.2, 0) is 16.1 Å². The van der Waals surface area contributed by atoms with E-state index in [-0.39, 0.29) is 18.4 Å². The third-order valence-corrected chi connectivity index (χ3v) is 6.18. The Balaban J connectivity index is 1.80. The Morgan fingerprint density at radius 3 is 2.52 bits per heavy atom. The molecule has 0 unspecified atom stereocenters. The first-order valence-electron chi connectivity index (χ1n) is 10.4. The SMILES string of the molecule is CC[C@@H](C)[C@H](NC(=O)Cn1cnc2cc(OC)c(OC)cc2c1=O)C(=O)Nc1nc(C)cs1. The molecule has 0 spiro atoms. The van der Waals surface area contributed by atoms with E-state index in [9.17, 15) is 14.4 Å². The lowest BCUT2D eigenvalue weighted by Crippen LogP contribution is -2.49. The summed E-state index contributed by atoms with van der Waals surface area (Å²) in [5.74, 6) is -0.122. The summed E-state index contributed by atoms with van der Waals surface area (Å²) < 4.78 is 11.7. The number of methoxy groups -OCH3 is 2. The molecule has 0 aliphatic rings. The molecule has 2 heterocycles. The van der Waals surface area contributed by atoms with Crippen LogP contribution in [0.15, 0.2) is 28.6 Å². The van der Waals surface area contributed by atoms with Gasteiger partial charge in [0.25, 0.3) is 5.56 Å². The summed E-state index contributed by atoms with van der Waals surface area (Å²) in [5.41, 5.74) is 0.820. The average molecular weight is 474 g/mol. The van der Waals surface area contributed by atoms with Gasteiger partial charge in [-0.05, 0) is 18.9 Å². The van der Waals surface area contributed by atoms with Crippen LogP contribution in [0.3, 0.4) is 0 Å². The minimum atomic E-state index is -0.778. The number of thiazole rings is 1. The van der Waals surface area contributed by atoms with Gasteiger partial charge in [0, 0.05) is 11.4 Å². The van der Waals surface area contributed by atoms with Crippen LogP contribution in [-0.4, -0.2) is 46.6 Å². The van der Waals surface area contributed by atoms with Crippen LogP contribution in [0, 0.1) is 12.8 Å². The molecular formula is C22H27N5O5S. The molecule has 2 amide bonds. The number of nitrogens with zero attached hydrogens (tertiary/aromatic N) is 3. The van der Waals surface area contributed by atoms with Gasteiger partial charge >= 0.3 is 0 Å². The summed E-state index contributed by atoms with van der Waals surface area (Å²) >= 11 is 1.32. The predicted octanol–water partition coefficient (Wildman–Crippen LogP) is 2.35. The number of ether oxygens (including phenoxy) is 2. The Labute approximate surface area is 195 Å². The van der Waals surface area contributed by atoms with E-state index in [0.717, 1.165) is 5.69 Å². The first kappa shape index (κ1) is 24.2. The molecule has 0 radical (unpaired) electrons. The van der Waals surface area contributed by atoms with Crippen molar-refractivity contribution in [2.75, 3.05) is 19.5 Å². The molecule has 3 aromatic rings. The quantitative estimate of drug-likeness (QED) is 0.489. The van der Waals surface area contributed by atoms with Crippen molar-refractivity contribution >= 4 is 39.2 Å². The highest BCUT2D eigenvalue weighted by molar-refractivity contribution is 7.13. The number of hydrogen-bond donors (Lipinski definition) is 2. The predicted molar refractivity (Wildman–Crippen MR) is 126 cm³/mol. The standard InChI is InChI=1S/C22H27N5O5S/c1-6-12(2)19(20(29)26-22-24-13(3)10-33-22)25-18(28)9-27-11-23-15-8-17(32-5)16(31-4)7-14(15)21(27)30/h7-8,10-12,19H,6,9H2,1-5H3,(H,25,28)(H,24,26,29)/t12-,19+/m1/s1. The number of aryl methyl sites for hydroxylation is 1. The van der Waals surface area contributed by atoms with Crippen LogP contribution in [0.25, 0.3) is 10.9 Å². The molecule has 176 valence electrons. The summed E-state index contributed by atoms with van der Waals surface area (Å²) in [6.07, 6.45) is 1.97. The average Bonchev–Trinajstić information content (AvgIpc) is 3.22. The highest BCUT2D eigenvalue weighted by atomic mass is 32.1. The molecule has 2 N–H and O–H groups in total. The summed E-state index contributed by atoms with van der Waals surface area (Å²) in [7, 11) is 2.97. The van der Waals surface area contributed by atoms with E-state index in [1.807, 2.05) is 26.2 Å². The van der Waals surface area contributed by atoms with Crippen molar-refractivity contribution in [3.63, 3.8) is 0 Å². The van der Waals surface area contributed by atoms with Crippen molar-refractivity contribution in [2.45, 2.75) is 39.8 Å². The molecule has 0 bridgehead atoms. The Morgan fingerprint density at radius 2 is 1.91 bits per heavy atom. The van der Waals surface area contributed by atoms with Crippen LogP contribution < -0.4 is 25.7 Å². The second-order valence-corrected chi connectivity index (χ2v) is 8.47. The van der Waals surface area contributed by atoms with Gasteiger partial charge < -0.3 is 20.1 Å². The minimum absolute atomic E-state index is 0.127. The number of amides is 2. The Bertz CT molecular complexity index is 1220. The second kappa shape index (κ2) is 10.4. The normalized spacial score (nSPS) is 12.8. The molecule has 2 atom stereocenters. The van der Waals surface area contributed by atoms with Crippen molar-refractivity contribution in [1.29, 1.82) is 0 Å². The Kier molecular flexibility index (Phi) is 7.64. The number of nitrogens with one attached hydrogen (secondary N) is 2. The van der Waals surface area contributed by atoms with Gasteiger partial charge in [0.05, 0.1) is 37.1 Å². The molecule has 1 aromatic carbocycles. The molecule has 0 aliphatic heterocycles. The lowest BCUT2D eigenvalue weighted by Gasteiger charge is -2.23. The smallest absolute Gasteiger partial charge is 0.261 e. The Morgan fingerprint density at radius 1 is 1.21 bits per heavy atom. The summed E-state index contributed by atoms with van der Waals surface area (Å²) in [6.45, 7) is 5.36. The van der Waals surface area contributed by atoms with Crippen molar-refractivity contribution in [3.8, 4) is 11.5 Å². The molecule has 33 heavy (non-hydrogen) atoms. The van der Waals surface area contributed by atoms with Crippen LogP contribution in [0.2, 0.25) is 0 Å². The van der Waals surface area contributed by atoms with Gasteiger partial charge in [-0.3, -0.25) is 19.0 Å². The first-order valence-corrected chi connectivity index (χ1v) is 11.3. The monoisotopic (exact) mass is 473 g/mol. The fraction of sp³-hybridized carbons (Fsp3) is 0.409. The number of anilines is 1. The zero-order chi connectivity index (χ0) is 24.1. The number of fused-ring (bicyclic) bond motifs is 1. The molecule has 0 aliphatic carbocycles. The van der Waals surface area contributed by atoms with E-state index in [2.05, 4.69) is 20.6 Å². The van der Waals surface area contributed by atoms with E-state index in [1.54, 1.807) is 6.07 Å². The molecule has 11 heteroatoms. The van der Waals surface area contributed by atoms with Gasteiger partial charge in [0.15, 0.2) is 16.6 Å². The van der Waals surface area contributed by atoms with Crippen LogP contribution >= 0.6 is 11.3 Å². The third kappa shape index (κ3) is 5.48. The second-order valence-electron chi connectivity index (χ2n) is 7.62. The number of carbonyl (C=O) groups is 2. The summed E-state index contributed by atoms with van der Waals surface area (Å²) in [5, 5.41) is 8.10. The number of carbonyl (C=O) groups excluding carboxylic acids is 2. The van der Waals surface area contributed by atoms with Crippen molar-refractivity contribution < 1.29 is 19.1 Å². The van der Waals surface area contributed by atoms with Crippen LogP contribution in [0.1, 0.15) is 26.0 Å². The molecular weight excluding hydrogens is 446 g/mol. The highest BCUT2D eigenvalue weighted by Crippen LogP contribution is 2.29. The molecule has 10 nitrogen and oxygen atoms in total. The van der Waals surface area contributed by atoms with Gasteiger partial charge in [-0.1, -0.05) is 20.3 Å². The highest BCUT2D eigenvalue weighted by Gasteiger charge is 2.27. The van der Waals surface area contributed by atoms with Crippen molar-refractivity contribution in [2.24, 2.45) is 5.92 Å². The first-order chi connectivity index (χ1) is 15.8. The molecule has 0 saturated heterocycles. The number of hydrogen-bond acceptors (Lipinski definition) is 8. The summed E-state index contributed by atoms with van der Waals surface area (Å²) in [6, 6.07) is 2.35. The fourth-order valence-corrected chi connectivity index (χ4v) is 3.96. The van der Waals surface area contributed by atoms with E-state index in [1.165, 1.54) is 42.5 Å². The fourth-order valence-electron chi connectivity index (χ4n) is 3.27. The van der Waals surface area contributed by atoms with Gasteiger partial charge in [-0.25, -0.2) is 9.97 Å². The molecule has 0 saturated carbocycles. The molecule has 2 aromatic heterocycles.